The first kappa shape index (κ1) is 24.5. The van der Waals surface area contributed by atoms with Crippen molar-refractivity contribution in [2.24, 2.45) is 5.41 Å². The number of pyridine rings is 1. The van der Waals surface area contributed by atoms with Gasteiger partial charge in [-0.2, -0.15) is 0 Å². The second-order valence-corrected chi connectivity index (χ2v) is 9.96. The third-order valence-electron chi connectivity index (χ3n) is 7.00. The number of halogens is 1. The number of piperazine rings is 1. The maximum Gasteiger partial charge on any atom is 0.227 e. The standard InChI is InChI=1S/C26H33ClN4O3/c1-29-13-15-31(16-14-29)25(33)18-26(20-34-23-6-4-22(27)5-7-23)8-11-30(12-9-26)24(32)17-21-3-2-10-28-19-21/h2-7,10,19H,8-9,11-18,20H2,1H3. The minimum Gasteiger partial charge on any atom is -0.493 e. The Kier molecular flexibility index (Phi) is 8.06. The molecule has 2 aliphatic heterocycles. The molecule has 2 fully saturated rings. The molecule has 0 saturated carbocycles. The fourth-order valence-corrected chi connectivity index (χ4v) is 4.77. The van der Waals surface area contributed by atoms with Crippen molar-refractivity contribution < 1.29 is 14.3 Å². The van der Waals surface area contributed by atoms with E-state index in [1.165, 1.54) is 0 Å². The first-order valence-electron chi connectivity index (χ1n) is 11.9. The summed E-state index contributed by atoms with van der Waals surface area (Å²) in [5, 5.41) is 0.660. The molecule has 0 bridgehead atoms. The number of hydrogen-bond donors (Lipinski definition) is 0. The Morgan fingerprint density at radius 2 is 1.65 bits per heavy atom. The molecule has 2 saturated heterocycles. The summed E-state index contributed by atoms with van der Waals surface area (Å²) < 4.78 is 6.15. The lowest BCUT2D eigenvalue weighted by Crippen LogP contribution is -2.51. The van der Waals surface area contributed by atoms with Crippen molar-refractivity contribution in [2.75, 3.05) is 52.9 Å². The monoisotopic (exact) mass is 484 g/mol. The molecule has 8 heteroatoms. The maximum absolute atomic E-state index is 13.2. The van der Waals surface area contributed by atoms with Crippen LogP contribution in [-0.4, -0.2) is 84.4 Å². The summed E-state index contributed by atoms with van der Waals surface area (Å²) in [5.41, 5.74) is 0.617. The first-order valence-corrected chi connectivity index (χ1v) is 12.3. The van der Waals surface area contributed by atoms with Crippen molar-refractivity contribution in [3.63, 3.8) is 0 Å². The number of piperidine rings is 1. The van der Waals surface area contributed by atoms with Crippen LogP contribution in [0.15, 0.2) is 48.8 Å². The smallest absolute Gasteiger partial charge is 0.227 e. The molecule has 0 radical (unpaired) electrons. The van der Waals surface area contributed by atoms with E-state index in [4.69, 9.17) is 16.3 Å². The minimum absolute atomic E-state index is 0.102. The second kappa shape index (κ2) is 11.2. The van der Waals surface area contributed by atoms with Crippen LogP contribution in [0.4, 0.5) is 0 Å². The van der Waals surface area contributed by atoms with Crippen LogP contribution in [0.3, 0.4) is 0 Å². The average Bonchev–Trinajstić information content (AvgIpc) is 2.85. The number of amides is 2. The Morgan fingerprint density at radius 3 is 2.29 bits per heavy atom. The van der Waals surface area contributed by atoms with Gasteiger partial charge in [-0.15, -0.1) is 0 Å². The summed E-state index contributed by atoms with van der Waals surface area (Å²) in [5.74, 6) is 1.03. The molecule has 34 heavy (non-hydrogen) atoms. The normalized spacial score (nSPS) is 18.5. The number of likely N-dealkylation sites (tertiary alicyclic amines) is 1. The SMILES string of the molecule is CN1CCN(C(=O)CC2(COc3ccc(Cl)cc3)CCN(C(=O)Cc3cccnc3)CC2)CC1. The average molecular weight is 485 g/mol. The van der Waals surface area contributed by atoms with Crippen LogP contribution >= 0.6 is 11.6 Å². The number of hydrogen-bond acceptors (Lipinski definition) is 5. The van der Waals surface area contributed by atoms with Gasteiger partial charge in [0.15, 0.2) is 0 Å². The van der Waals surface area contributed by atoms with Crippen molar-refractivity contribution in [3.05, 3.63) is 59.4 Å². The molecule has 7 nitrogen and oxygen atoms in total. The van der Waals surface area contributed by atoms with Crippen LogP contribution in [0, 0.1) is 5.41 Å². The summed E-state index contributed by atoms with van der Waals surface area (Å²) >= 11 is 6.01. The molecule has 0 spiro atoms. The number of rotatable bonds is 7. The van der Waals surface area contributed by atoms with Crippen LogP contribution in [0.2, 0.25) is 5.02 Å². The summed E-state index contributed by atoms with van der Waals surface area (Å²) in [4.78, 5) is 36.3. The zero-order chi connectivity index (χ0) is 24.0. The maximum atomic E-state index is 13.2. The largest absolute Gasteiger partial charge is 0.493 e. The summed E-state index contributed by atoms with van der Waals surface area (Å²) in [6.45, 7) is 5.02. The zero-order valence-corrected chi connectivity index (χ0v) is 20.5. The van der Waals surface area contributed by atoms with E-state index >= 15 is 0 Å². The lowest BCUT2D eigenvalue weighted by Gasteiger charge is -2.42. The van der Waals surface area contributed by atoms with Crippen LogP contribution in [0.5, 0.6) is 5.75 Å². The van der Waals surface area contributed by atoms with E-state index < -0.39 is 0 Å². The molecule has 1 aromatic heterocycles. The number of aromatic nitrogens is 1. The van der Waals surface area contributed by atoms with Crippen LogP contribution in [0.1, 0.15) is 24.8 Å². The highest BCUT2D eigenvalue weighted by Crippen LogP contribution is 2.37. The highest BCUT2D eigenvalue weighted by Gasteiger charge is 2.40. The van der Waals surface area contributed by atoms with Crippen LogP contribution in [0.25, 0.3) is 0 Å². The van der Waals surface area contributed by atoms with Gasteiger partial charge in [0.2, 0.25) is 11.8 Å². The molecule has 0 atom stereocenters. The number of likely N-dealkylation sites (N-methyl/N-ethyl adjacent to an activating group) is 1. The topological polar surface area (TPSA) is 66.0 Å². The molecular formula is C26H33ClN4O3. The van der Waals surface area contributed by atoms with E-state index in [0.29, 0.717) is 37.6 Å². The second-order valence-electron chi connectivity index (χ2n) is 9.52. The Bertz CT molecular complexity index is 954. The van der Waals surface area contributed by atoms with Gasteiger partial charge in [-0.05, 0) is 55.8 Å². The van der Waals surface area contributed by atoms with Crippen LogP contribution in [-0.2, 0) is 16.0 Å². The van der Waals surface area contributed by atoms with Gasteiger partial charge in [-0.25, -0.2) is 0 Å². The van der Waals surface area contributed by atoms with Gasteiger partial charge in [-0.3, -0.25) is 14.6 Å². The number of benzene rings is 1. The minimum atomic E-state index is -0.300. The molecule has 3 heterocycles. The molecule has 4 rings (SSSR count). The van der Waals surface area contributed by atoms with Gasteiger partial charge >= 0.3 is 0 Å². The van der Waals surface area contributed by atoms with Gasteiger partial charge in [0.25, 0.3) is 0 Å². The van der Waals surface area contributed by atoms with Gasteiger partial charge in [0, 0.05) is 68.5 Å². The van der Waals surface area contributed by atoms with Gasteiger partial charge in [0.1, 0.15) is 5.75 Å². The van der Waals surface area contributed by atoms with Crippen molar-refractivity contribution in [3.8, 4) is 5.75 Å². The van der Waals surface area contributed by atoms with Gasteiger partial charge < -0.3 is 19.4 Å². The Morgan fingerprint density at radius 1 is 0.971 bits per heavy atom. The molecule has 2 aliphatic rings. The van der Waals surface area contributed by atoms with E-state index in [2.05, 4.69) is 16.9 Å². The Labute approximate surface area is 206 Å². The van der Waals surface area contributed by atoms with Crippen molar-refractivity contribution in [2.45, 2.75) is 25.7 Å². The highest BCUT2D eigenvalue weighted by molar-refractivity contribution is 6.30. The van der Waals surface area contributed by atoms with Crippen molar-refractivity contribution >= 4 is 23.4 Å². The van der Waals surface area contributed by atoms with E-state index in [-0.39, 0.29) is 17.2 Å². The zero-order valence-electron chi connectivity index (χ0n) is 19.8. The predicted octanol–water partition coefficient (Wildman–Crippen LogP) is 3.13. The molecule has 182 valence electrons. The van der Waals surface area contributed by atoms with E-state index in [0.717, 1.165) is 50.3 Å². The van der Waals surface area contributed by atoms with Crippen LogP contribution < -0.4 is 4.74 Å². The molecule has 0 unspecified atom stereocenters. The van der Waals surface area contributed by atoms with Crippen molar-refractivity contribution in [1.82, 2.24) is 19.7 Å². The predicted molar refractivity (Wildman–Crippen MR) is 132 cm³/mol. The molecule has 0 N–H and O–H groups in total. The number of nitrogens with zero attached hydrogens (tertiary/aromatic N) is 4. The number of ether oxygens (including phenoxy) is 1. The fourth-order valence-electron chi connectivity index (χ4n) is 4.65. The first-order chi connectivity index (χ1) is 16.4. The lowest BCUT2D eigenvalue weighted by molar-refractivity contribution is -0.138. The summed E-state index contributed by atoms with van der Waals surface area (Å²) in [6, 6.07) is 11.1. The van der Waals surface area contributed by atoms with Gasteiger partial charge in [-0.1, -0.05) is 17.7 Å². The number of carbonyl (C=O) groups excluding carboxylic acids is 2. The quantitative estimate of drug-likeness (QED) is 0.604. The van der Waals surface area contributed by atoms with Crippen molar-refractivity contribution in [1.29, 1.82) is 0 Å². The third-order valence-corrected chi connectivity index (χ3v) is 7.25. The molecular weight excluding hydrogens is 452 g/mol. The van der Waals surface area contributed by atoms with E-state index in [9.17, 15) is 9.59 Å². The lowest BCUT2D eigenvalue weighted by atomic mass is 9.75. The molecule has 2 aromatic rings. The third kappa shape index (κ3) is 6.48. The highest BCUT2D eigenvalue weighted by atomic mass is 35.5. The van der Waals surface area contributed by atoms with Gasteiger partial charge in [0.05, 0.1) is 13.0 Å². The summed E-state index contributed by atoms with van der Waals surface area (Å²) in [6.07, 6.45) is 5.71. The van der Waals surface area contributed by atoms with E-state index in [1.807, 2.05) is 34.1 Å². The Hall–Kier alpha value is -2.64. The molecule has 1 aromatic carbocycles. The number of carbonyl (C=O) groups is 2. The molecule has 0 aliphatic carbocycles. The Balaban J connectivity index is 1.40. The summed E-state index contributed by atoms with van der Waals surface area (Å²) in [7, 11) is 2.08. The molecule has 2 amide bonds. The van der Waals surface area contributed by atoms with E-state index in [1.54, 1.807) is 24.5 Å². The fraction of sp³-hybridized carbons (Fsp3) is 0.500.